The maximum Gasteiger partial charge on any atom is 0.170 e. The number of ketones is 1. The molecule has 2 heterocycles. The predicted molar refractivity (Wildman–Crippen MR) is 100 cm³/mol. The molecular weight excluding hydrogens is 324 g/mol. The summed E-state index contributed by atoms with van der Waals surface area (Å²) in [6, 6.07) is 23.6. The Labute approximate surface area is 150 Å². The van der Waals surface area contributed by atoms with E-state index in [1.165, 1.54) is 0 Å². The molecular formula is C23H16O3. The van der Waals surface area contributed by atoms with Crippen molar-refractivity contribution in [1.82, 2.24) is 0 Å². The molecule has 0 amide bonds. The number of fused-ring (bicyclic) bond motifs is 2. The third-order valence-electron chi connectivity index (χ3n) is 4.87. The van der Waals surface area contributed by atoms with Crippen LogP contribution in [-0.4, -0.2) is 5.78 Å². The van der Waals surface area contributed by atoms with Crippen molar-refractivity contribution in [2.75, 3.05) is 0 Å². The molecule has 4 aromatic rings. The van der Waals surface area contributed by atoms with E-state index >= 15 is 0 Å². The number of rotatable bonds is 2. The highest BCUT2D eigenvalue weighted by molar-refractivity contribution is 6.06. The number of furan rings is 1. The molecule has 0 saturated carbocycles. The van der Waals surface area contributed by atoms with Crippen molar-refractivity contribution in [3.63, 3.8) is 0 Å². The Hall–Kier alpha value is -3.33. The van der Waals surface area contributed by atoms with E-state index in [0.29, 0.717) is 17.7 Å². The second kappa shape index (κ2) is 5.88. The summed E-state index contributed by atoms with van der Waals surface area (Å²) in [4.78, 5) is 12.8. The van der Waals surface area contributed by atoms with E-state index in [4.69, 9.17) is 9.15 Å². The average Bonchev–Trinajstić information content (AvgIpc) is 3.11. The molecule has 0 aliphatic carbocycles. The third kappa shape index (κ3) is 2.40. The van der Waals surface area contributed by atoms with E-state index in [9.17, 15) is 4.79 Å². The van der Waals surface area contributed by atoms with E-state index in [-0.39, 0.29) is 11.9 Å². The van der Waals surface area contributed by atoms with Crippen LogP contribution in [0.2, 0.25) is 0 Å². The zero-order valence-electron chi connectivity index (χ0n) is 14.0. The van der Waals surface area contributed by atoms with Crippen LogP contribution in [0.15, 0.2) is 83.5 Å². The number of hydrogen-bond donors (Lipinski definition) is 0. The van der Waals surface area contributed by atoms with Gasteiger partial charge in [0.1, 0.15) is 17.4 Å². The number of Topliss-reactive ketones (excluding diaryl/α,β-unsaturated/α-hetero) is 1. The van der Waals surface area contributed by atoms with Crippen molar-refractivity contribution in [1.29, 1.82) is 0 Å². The van der Waals surface area contributed by atoms with Crippen molar-refractivity contribution >= 4 is 16.8 Å². The summed E-state index contributed by atoms with van der Waals surface area (Å²) in [5.74, 6) is 0.693. The molecule has 3 heteroatoms. The number of ether oxygens (including phenoxy) is 1. The number of carbonyl (C=O) groups excluding carboxylic acids is 1. The summed E-state index contributed by atoms with van der Waals surface area (Å²) in [5, 5.41) is 0.935. The maximum absolute atomic E-state index is 12.8. The first-order valence-electron chi connectivity index (χ1n) is 8.65. The normalized spacial score (nSPS) is 16.3. The Morgan fingerprint density at radius 3 is 2.35 bits per heavy atom. The molecule has 0 fully saturated rings. The Morgan fingerprint density at radius 1 is 0.846 bits per heavy atom. The molecule has 3 aromatic carbocycles. The molecule has 126 valence electrons. The maximum atomic E-state index is 12.8. The zero-order chi connectivity index (χ0) is 17.5. The van der Waals surface area contributed by atoms with Gasteiger partial charge in [-0.1, -0.05) is 60.7 Å². The zero-order valence-corrected chi connectivity index (χ0v) is 14.0. The van der Waals surface area contributed by atoms with Gasteiger partial charge < -0.3 is 9.15 Å². The molecule has 0 bridgehead atoms. The highest BCUT2D eigenvalue weighted by Gasteiger charge is 2.29. The first-order chi connectivity index (χ1) is 12.8. The second-order valence-electron chi connectivity index (χ2n) is 6.50. The molecule has 1 unspecified atom stereocenters. The van der Waals surface area contributed by atoms with Crippen LogP contribution in [0.1, 0.15) is 28.4 Å². The Morgan fingerprint density at radius 2 is 1.58 bits per heavy atom. The fourth-order valence-corrected chi connectivity index (χ4v) is 3.54. The summed E-state index contributed by atoms with van der Waals surface area (Å²) < 4.78 is 11.9. The summed E-state index contributed by atoms with van der Waals surface area (Å²) >= 11 is 0. The van der Waals surface area contributed by atoms with Gasteiger partial charge in [-0.3, -0.25) is 4.79 Å². The monoisotopic (exact) mass is 340 g/mol. The van der Waals surface area contributed by atoms with Crippen LogP contribution < -0.4 is 4.74 Å². The number of hydrogen-bond acceptors (Lipinski definition) is 3. The SMILES string of the molecule is O=C1CC(c2ccccc2)Oc2cc3occ(-c4ccccc4)c3cc21. The van der Waals surface area contributed by atoms with Crippen molar-refractivity contribution in [3.05, 3.63) is 90.2 Å². The molecule has 0 N–H and O–H groups in total. The minimum atomic E-state index is -0.253. The highest BCUT2D eigenvalue weighted by Crippen LogP contribution is 2.40. The molecule has 1 aliphatic rings. The van der Waals surface area contributed by atoms with Gasteiger partial charge in [-0.2, -0.15) is 0 Å². The van der Waals surface area contributed by atoms with Gasteiger partial charge in [-0.25, -0.2) is 0 Å². The summed E-state index contributed by atoms with van der Waals surface area (Å²) in [6.07, 6.45) is 1.84. The van der Waals surface area contributed by atoms with Crippen molar-refractivity contribution in [2.24, 2.45) is 0 Å². The Bertz CT molecular complexity index is 1090. The van der Waals surface area contributed by atoms with Gasteiger partial charge in [0, 0.05) is 17.0 Å². The molecule has 26 heavy (non-hydrogen) atoms. The van der Waals surface area contributed by atoms with Crippen molar-refractivity contribution in [2.45, 2.75) is 12.5 Å². The molecule has 1 atom stereocenters. The van der Waals surface area contributed by atoms with E-state index in [1.54, 1.807) is 6.26 Å². The molecule has 1 aliphatic heterocycles. The van der Waals surface area contributed by atoms with E-state index in [1.807, 2.05) is 72.8 Å². The van der Waals surface area contributed by atoms with Gasteiger partial charge in [0.05, 0.1) is 18.2 Å². The van der Waals surface area contributed by atoms with Crippen molar-refractivity contribution < 1.29 is 13.9 Å². The minimum absolute atomic E-state index is 0.0993. The molecule has 0 radical (unpaired) electrons. The third-order valence-corrected chi connectivity index (χ3v) is 4.87. The standard InChI is InChI=1S/C23H16O3/c24-20-12-21(16-9-5-2-6-10-16)26-23-13-22-17(11-18(20)23)19(14-25-22)15-7-3-1-4-8-15/h1-11,13-14,21H,12H2. The second-order valence-corrected chi connectivity index (χ2v) is 6.50. The predicted octanol–water partition coefficient (Wildman–Crippen LogP) is 5.81. The Balaban J connectivity index is 1.60. The lowest BCUT2D eigenvalue weighted by Crippen LogP contribution is -2.20. The smallest absolute Gasteiger partial charge is 0.170 e. The van der Waals surface area contributed by atoms with E-state index < -0.39 is 0 Å². The summed E-state index contributed by atoms with van der Waals surface area (Å²) in [5.41, 5.74) is 4.42. The molecule has 5 rings (SSSR count). The largest absolute Gasteiger partial charge is 0.484 e. The molecule has 0 spiro atoms. The van der Waals surface area contributed by atoms with E-state index in [0.717, 1.165) is 27.7 Å². The number of carbonyl (C=O) groups is 1. The van der Waals surface area contributed by atoms with Gasteiger partial charge in [0.15, 0.2) is 5.78 Å². The lowest BCUT2D eigenvalue weighted by molar-refractivity contribution is 0.0850. The number of benzene rings is 3. The van der Waals surface area contributed by atoms with Gasteiger partial charge in [0.2, 0.25) is 0 Å². The minimum Gasteiger partial charge on any atom is -0.484 e. The van der Waals surface area contributed by atoms with Crippen LogP contribution in [0.4, 0.5) is 0 Å². The quantitative estimate of drug-likeness (QED) is 0.462. The lowest BCUT2D eigenvalue weighted by Gasteiger charge is -2.25. The fourth-order valence-electron chi connectivity index (χ4n) is 3.54. The molecule has 0 saturated heterocycles. The topological polar surface area (TPSA) is 39.4 Å². The first-order valence-corrected chi connectivity index (χ1v) is 8.65. The first kappa shape index (κ1) is 15.0. The highest BCUT2D eigenvalue weighted by atomic mass is 16.5. The van der Waals surface area contributed by atoms with Gasteiger partial charge in [-0.15, -0.1) is 0 Å². The van der Waals surface area contributed by atoms with Crippen molar-refractivity contribution in [3.8, 4) is 16.9 Å². The van der Waals surface area contributed by atoms with Gasteiger partial charge in [-0.05, 0) is 17.2 Å². The molecule has 3 nitrogen and oxygen atoms in total. The Kier molecular flexibility index (Phi) is 3.39. The lowest BCUT2D eigenvalue weighted by atomic mass is 9.94. The van der Waals surface area contributed by atoms with Crippen LogP contribution in [0.25, 0.3) is 22.1 Å². The summed E-state index contributed by atoms with van der Waals surface area (Å²) in [7, 11) is 0. The van der Waals surface area contributed by atoms with Crippen LogP contribution >= 0.6 is 0 Å². The van der Waals surface area contributed by atoms with Crippen LogP contribution in [0.5, 0.6) is 5.75 Å². The van der Waals surface area contributed by atoms with Gasteiger partial charge in [0.25, 0.3) is 0 Å². The van der Waals surface area contributed by atoms with E-state index in [2.05, 4.69) is 0 Å². The van der Waals surface area contributed by atoms with Crippen LogP contribution in [-0.2, 0) is 0 Å². The average molecular weight is 340 g/mol. The molecule has 1 aromatic heterocycles. The van der Waals surface area contributed by atoms with Crippen LogP contribution in [0, 0.1) is 0 Å². The van der Waals surface area contributed by atoms with Gasteiger partial charge >= 0.3 is 0 Å². The summed E-state index contributed by atoms with van der Waals surface area (Å²) in [6.45, 7) is 0. The van der Waals surface area contributed by atoms with Crippen LogP contribution in [0.3, 0.4) is 0 Å². The fraction of sp³-hybridized carbons (Fsp3) is 0.0870.